The van der Waals surface area contributed by atoms with E-state index < -0.39 is 39.4 Å². The van der Waals surface area contributed by atoms with Crippen LogP contribution in [-0.2, 0) is 15.8 Å². The van der Waals surface area contributed by atoms with Crippen molar-refractivity contribution in [1.82, 2.24) is 9.79 Å². The van der Waals surface area contributed by atoms with E-state index in [0.717, 1.165) is 5.48 Å². The van der Waals surface area contributed by atoms with Gasteiger partial charge in [-0.15, -0.1) is 0 Å². The number of halogens is 3. The molecular weight excluding hydrogens is 401 g/mol. The third kappa shape index (κ3) is 5.30. The predicted molar refractivity (Wildman–Crippen MR) is 94.7 cm³/mol. The number of nitrogens with zero attached hydrogens (tertiary/aromatic N) is 1. The Kier molecular flexibility index (Phi) is 7.16. The number of para-hydroxylation sites is 1. The molecule has 5 N–H and O–H groups in total. The zero-order chi connectivity index (χ0) is 20.9. The fraction of sp³-hybridized carbons (Fsp3) is 0.375. The fourth-order valence-corrected chi connectivity index (χ4v) is 3.92. The summed E-state index contributed by atoms with van der Waals surface area (Å²) in [5, 5.41) is 15.9. The molecular formula is C16H19F3N4O4S. The van der Waals surface area contributed by atoms with Gasteiger partial charge in [0.25, 0.3) is 5.91 Å². The number of nitrogens with two attached hydrogens (primary N) is 1. The van der Waals surface area contributed by atoms with Crippen molar-refractivity contribution in [2.45, 2.75) is 25.1 Å². The van der Waals surface area contributed by atoms with Crippen molar-refractivity contribution in [2.75, 3.05) is 13.1 Å². The minimum absolute atomic E-state index is 0.104. The Labute approximate surface area is 161 Å². The monoisotopic (exact) mass is 420 g/mol. The summed E-state index contributed by atoms with van der Waals surface area (Å²) in [5.74, 6) is -0.829. The Morgan fingerprint density at radius 3 is 2.36 bits per heavy atom. The Morgan fingerprint density at radius 1 is 1.29 bits per heavy atom. The van der Waals surface area contributed by atoms with E-state index in [0.29, 0.717) is 18.6 Å². The van der Waals surface area contributed by atoms with E-state index in [1.54, 1.807) is 24.3 Å². The molecule has 1 aromatic rings. The minimum Gasteiger partial charge on any atom is -0.490 e. The van der Waals surface area contributed by atoms with Crippen LogP contribution < -0.4 is 16.0 Å². The number of carbonyl (C=O) groups is 1. The molecule has 8 nitrogen and oxygen atoms in total. The maximum absolute atomic E-state index is 13.0. The lowest BCUT2D eigenvalue weighted by atomic mass is 10.1. The minimum atomic E-state index is -5.17. The highest BCUT2D eigenvalue weighted by atomic mass is 32.2. The van der Waals surface area contributed by atoms with Gasteiger partial charge in [-0.1, -0.05) is 18.2 Å². The van der Waals surface area contributed by atoms with Crippen molar-refractivity contribution in [2.24, 2.45) is 5.73 Å². The number of hydrogen-bond acceptors (Lipinski definition) is 6. The molecule has 0 saturated carbocycles. The van der Waals surface area contributed by atoms with E-state index in [4.69, 9.17) is 21.1 Å². The molecule has 1 aliphatic rings. The summed E-state index contributed by atoms with van der Waals surface area (Å²) in [5.41, 5.74) is 3.28. The number of hydroxylamine groups is 1. The second-order valence-electron chi connectivity index (χ2n) is 5.86. The van der Waals surface area contributed by atoms with Crippen LogP contribution in [-0.4, -0.2) is 50.7 Å². The Bertz CT molecular complexity index is 778. The topological polar surface area (TPSA) is 129 Å². The highest BCUT2D eigenvalue weighted by Gasteiger charge is 2.42. The molecule has 1 heterocycles. The Morgan fingerprint density at radius 2 is 1.86 bits per heavy atom. The molecule has 154 valence electrons. The second kappa shape index (κ2) is 9.17. The molecule has 1 unspecified atom stereocenters. The molecule has 0 bridgehead atoms. The van der Waals surface area contributed by atoms with E-state index in [9.17, 15) is 22.2 Å². The van der Waals surface area contributed by atoms with Crippen LogP contribution in [0.1, 0.15) is 12.8 Å². The summed E-state index contributed by atoms with van der Waals surface area (Å²) in [6, 6.07) is 8.96. The number of alkyl halides is 3. The van der Waals surface area contributed by atoms with E-state index in [2.05, 4.69) is 0 Å². The zero-order valence-corrected chi connectivity index (χ0v) is 15.3. The standard InChI is InChI=1S/C16H19F3N4O4S/c17-16(18,19)14(21)13(12(20)15(24)22-25)28(26)23-8-6-11(7-9-23)27-10-4-2-1-3-5-10/h1-5,11,21,25H,6-9,20H2,(H,22,24)/b13-12+,21-14?. The van der Waals surface area contributed by atoms with Gasteiger partial charge in [-0.05, 0) is 25.0 Å². The number of benzene rings is 1. The van der Waals surface area contributed by atoms with Gasteiger partial charge in [0.15, 0.2) is 5.71 Å². The molecule has 12 heteroatoms. The number of amides is 1. The van der Waals surface area contributed by atoms with Gasteiger partial charge in [0.05, 0.1) is 0 Å². The van der Waals surface area contributed by atoms with Crippen molar-refractivity contribution in [3.63, 3.8) is 0 Å². The summed E-state index contributed by atoms with van der Waals surface area (Å²) < 4.78 is 58.5. The first kappa shape index (κ1) is 21.9. The summed E-state index contributed by atoms with van der Waals surface area (Å²) in [4.78, 5) is 10.3. The lowest BCUT2D eigenvalue weighted by Crippen LogP contribution is -2.43. The molecule has 0 spiro atoms. The van der Waals surface area contributed by atoms with E-state index >= 15 is 0 Å². The van der Waals surface area contributed by atoms with Gasteiger partial charge < -0.3 is 10.5 Å². The van der Waals surface area contributed by atoms with Crippen molar-refractivity contribution < 1.29 is 32.1 Å². The van der Waals surface area contributed by atoms with E-state index in [1.165, 1.54) is 4.31 Å². The first-order valence-electron chi connectivity index (χ1n) is 8.14. The van der Waals surface area contributed by atoms with Gasteiger partial charge >= 0.3 is 6.18 Å². The molecule has 0 aromatic heterocycles. The van der Waals surface area contributed by atoms with Crippen molar-refractivity contribution in [3.8, 4) is 5.75 Å². The van der Waals surface area contributed by atoms with Crippen LogP contribution in [0, 0.1) is 5.41 Å². The second-order valence-corrected chi connectivity index (χ2v) is 7.29. The highest BCUT2D eigenvalue weighted by Crippen LogP contribution is 2.27. The van der Waals surface area contributed by atoms with Crippen LogP contribution in [0.4, 0.5) is 13.2 Å². The molecule has 1 saturated heterocycles. The van der Waals surface area contributed by atoms with Crippen molar-refractivity contribution in [1.29, 1.82) is 5.41 Å². The number of nitrogens with one attached hydrogen (secondary N) is 2. The van der Waals surface area contributed by atoms with Crippen LogP contribution in [0.15, 0.2) is 40.9 Å². The average Bonchev–Trinajstić information content (AvgIpc) is 2.67. The van der Waals surface area contributed by atoms with Gasteiger partial charge in [-0.25, -0.2) is 14.0 Å². The maximum Gasteiger partial charge on any atom is 0.434 e. The van der Waals surface area contributed by atoms with Crippen LogP contribution in [0.5, 0.6) is 5.75 Å². The van der Waals surface area contributed by atoms with Gasteiger partial charge in [-0.2, -0.15) is 13.2 Å². The first-order valence-corrected chi connectivity index (χ1v) is 9.24. The maximum atomic E-state index is 13.0. The zero-order valence-electron chi connectivity index (χ0n) is 14.5. The van der Waals surface area contributed by atoms with Gasteiger partial charge in [0.2, 0.25) is 0 Å². The summed E-state index contributed by atoms with van der Waals surface area (Å²) >= 11 is 0. The summed E-state index contributed by atoms with van der Waals surface area (Å²) in [6.45, 7) is 0.208. The van der Waals surface area contributed by atoms with Gasteiger partial charge in [0.1, 0.15) is 33.4 Å². The molecule has 28 heavy (non-hydrogen) atoms. The molecule has 0 aliphatic carbocycles. The lowest BCUT2D eigenvalue weighted by Gasteiger charge is -2.32. The smallest absolute Gasteiger partial charge is 0.434 e. The molecule has 1 fully saturated rings. The fourth-order valence-electron chi connectivity index (χ4n) is 2.54. The number of piperidine rings is 1. The van der Waals surface area contributed by atoms with Crippen molar-refractivity contribution >= 4 is 22.6 Å². The normalized spacial score (nSPS) is 18.1. The van der Waals surface area contributed by atoms with Crippen molar-refractivity contribution in [3.05, 3.63) is 40.9 Å². The average molecular weight is 420 g/mol. The summed E-state index contributed by atoms with van der Waals surface area (Å²) in [7, 11) is -2.52. The van der Waals surface area contributed by atoms with E-state index in [1.807, 2.05) is 6.07 Å². The van der Waals surface area contributed by atoms with E-state index in [-0.39, 0.29) is 19.2 Å². The largest absolute Gasteiger partial charge is 0.490 e. The number of rotatable bonds is 6. The number of hydrogen-bond donors (Lipinski definition) is 4. The number of allylic oxidation sites excluding steroid dienone is 1. The SMILES string of the molecule is N=C(/C(=C(\N)C(=O)NO)S(=O)N1CCC(Oc2ccccc2)CC1)C(F)(F)F. The van der Waals surface area contributed by atoms with Crippen LogP contribution in [0.25, 0.3) is 0 Å². The third-order valence-corrected chi connectivity index (χ3v) is 5.56. The predicted octanol–water partition coefficient (Wildman–Crippen LogP) is 1.45. The Balaban J connectivity index is 2.13. The van der Waals surface area contributed by atoms with Gasteiger partial charge in [0, 0.05) is 13.1 Å². The Hall–Kier alpha value is -2.44. The molecule has 2 rings (SSSR count). The summed E-state index contributed by atoms with van der Waals surface area (Å²) in [6.07, 6.45) is -4.64. The van der Waals surface area contributed by atoms with Crippen LogP contribution in [0.2, 0.25) is 0 Å². The lowest BCUT2D eigenvalue weighted by molar-refractivity contribution is -0.125. The molecule has 1 amide bonds. The molecule has 1 atom stereocenters. The molecule has 1 aliphatic heterocycles. The third-order valence-electron chi connectivity index (χ3n) is 3.96. The number of ether oxygens (including phenoxy) is 1. The van der Waals surface area contributed by atoms with Crippen LogP contribution >= 0.6 is 0 Å². The highest BCUT2D eigenvalue weighted by molar-refractivity contribution is 7.87. The first-order chi connectivity index (χ1) is 13.1. The van der Waals surface area contributed by atoms with Crippen LogP contribution in [0.3, 0.4) is 0 Å². The quantitative estimate of drug-likeness (QED) is 0.240. The number of carbonyl (C=O) groups excluding carboxylic acids is 1. The molecule has 0 radical (unpaired) electrons. The van der Waals surface area contributed by atoms with Gasteiger partial charge in [-0.3, -0.25) is 15.4 Å². The molecule has 1 aromatic carbocycles.